The lowest BCUT2D eigenvalue weighted by Gasteiger charge is -2.26. The van der Waals surface area contributed by atoms with Crippen LogP contribution in [-0.4, -0.2) is 55.8 Å². The number of hydrogen-bond acceptors (Lipinski definition) is 8. The molecule has 0 saturated carbocycles. The number of aromatic nitrogens is 1. The standard InChI is InChI=1S/C35H34ClN5O2S/c36-31-22-27(8-12-34(31)44-29-5-2-1-3-6-29)40-35-26(23-37)24-39-32-21-25(7-10-30(32)35)33-11-9-28(43-33)13-15-38-14-4-16-41-17-19-42-20-18-41/h1-3,5-12,21-22,24,38H,4,13-20H2,(H,39,40). The molecule has 9 heteroatoms. The number of benzene rings is 3. The van der Waals surface area contributed by atoms with Gasteiger partial charge in [-0.25, -0.2) is 0 Å². The van der Waals surface area contributed by atoms with Crippen LogP contribution >= 0.6 is 23.4 Å². The number of morpholine rings is 1. The lowest BCUT2D eigenvalue weighted by Crippen LogP contribution is -2.37. The Morgan fingerprint density at radius 3 is 2.66 bits per heavy atom. The van der Waals surface area contributed by atoms with Crippen LogP contribution in [0.4, 0.5) is 11.4 Å². The molecule has 2 N–H and O–H groups in total. The first-order chi connectivity index (χ1) is 21.7. The van der Waals surface area contributed by atoms with Gasteiger partial charge in [0.25, 0.3) is 0 Å². The van der Waals surface area contributed by atoms with E-state index >= 15 is 0 Å². The van der Waals surface area contributed by atoms with E-state index in [1.807, 2.05) is 66.7 Å². The van der Waals surface area contributed by atoms with Gasteiger partial charge in [0.1, 0.15) is 17.6 Å². The summed E-state index contributed by atoms with van der Waals surface area (Å²) in [5, 5.41) is 18.3. The Morgan fingerprint density at radius 2 is 1.84 bits per heavy atom. The van der Waals surface area contributed by atoms with E-state index in [1.165, 1.54) is 0 Å². The van der Waals surface area contributed by atoms with Crippen molar-refractivity contribution in [3.05, 3.63) is 101 Å². The highest BCUT2D eigenvalue weighted by Gasteiger charge is 2.14. The predicted octanol–water partition coefficient (Wildman–Crippen LogP) is 7.77. The first-order valence-corrected chi connectivity index (χ1v) is 16.1. The lowest BCUT2D eigenvalue weighted by atomic mass is 10.1. The number of nitrogens with zero attached hydrogens (tertiary/aromatic N) is 3. The normalized spacial score (nSPS) is 13.6. The summed E-state index contributed by atoms with van der Waals surface area (Å²) in [5.41, 5.74) is 3.66. The Morgan fingerprint density at radius 1 is 0.977 bits per heavy atom. The number of anilines is 2. The molecule has 0 radical (unpaired) electrons. The third-order valence-electron chi connectivity index (χ3n) is 7.59. The van der Waals surface area contributed by atoms with E-state index in [1.54, 1.807) is 18.0 Å². The number of rotatable bonds is 12. The zero-order valence-corrected chi connectivity index (χ0v) is 26.0. The quantitative estimate of drug-likeness (QED) is 0.136. The van der Waals surface area contributed by atoms with Gasteiger partial charge in [-0.2, -0.15) is 5.26 Å². The van der Waals surface area contributed by atoms with Gasteiger partial charge in [0, 0.05) is 58.7 Å². The summed E-state index contributed by atoms with van der Waals surface area (Å²) in [7, 11) is 0. The fourth-order valence-corrected chi connectivity index (χ4v) is 6.38. The Labute approximate surface area is 267 Å². The van der Waals surface area contributed by atoms with Crippen LogP contribution in [0, 0.1) is 11.3 Å². The molecule has 5 aromatic rings. The van der Waals surface area contributed by atoms with Gasteiger partial charge in [-0.1, -0.05) is 47.6 Å². The van der Waals surface area contributed by atoms with Gasteiger partial charge in [0.2, 0.25) is 0 Å². The number of ether oxygens (including phenoxy) is 1. The van der Waals surface area contributed by atoms with Crippen LogP contribution in [0.1, 0.15) is 17.7 Å². The van der Waals surface area contributed by atoms with Crippen LogP contribution in [0.2, 0.25) is 5.02 Å². The molecule has 0 atom stereocenters. The Hall–Kier alpha value is -3.84. The summed E-state index contributed by atoms with van der Waals surface area (Å²) in [6.07, 6.45) is 3.56. The molecule has 0 spiro atoms. The van der Waals surface area contributed by atoms with E-state index in [0.717, 1.165) is 102 Å². The number of fused-ring (bicyclic) bond motifs is 1. The minimum atomic E-state index is 0.460. The molecule has 1 fully saturated rings. The van der Waals surface area contributed by atoms with Crippen molar-refractivity contribution in [1.29, 1.82) is 5.26 Å². The minimum absolute atomic E-state index is 0.460. The van der Waals surface area contributed by atoms with Crippen LogP contribution in [0.25, 0.3) is 22.2 Å². The van der Waals surface area contributed by atoms with Gasteiger partial charge in [0.15, 0.2) is 0 Å². The van der Waals surface area contributed by atoms with E-state index in [9.17, 15) is 5.26 Å². The second kappa shape index (κ2) is 14.8. The van der Waals surface area contributed by atoms with Crippen molar-refractivity contribution in [1.82, 2.24) is 15.2 Å². The molecule has 0 unspecified atom stereocenters. The van der Waals surface area contributed by atoms with Crippen molar-refractivity contribution >= 4 is 45.6 Å². The maximum absolute atomic E-state index is 9.85. The Balaban J connectivity index is 1.10. The fraction of sp³-hybridized carbons (Fsp3) is 0.257. The lowest BCUT2D eigenvalue weighted by molar-refractivity contribution is 0.0374. The molecule has 0 bridgehead atoms. The van der Waals surface area contributed by atoms with Crippen molar-refractivity contribution < 1.29 is 9.15 Å². The van der Waals surface area contributed by atoms with E-state index in [0.29, 0.717) is 16.3 Å². The number of hydrogen-bond donors (Lipinski definition) is 2. The van der Waals surface area contributed by atoms with Gasteiger partial charge >= 0.3 is 0 Å². The first-order valence-electron chi connectivity index (χ1n) is 14.9. The average molecular weight is 624 g/mol. The zero-order chi connectivity index (χ0) is 30.1. The SMILES string of the molecule is N#Cc1cnc2cc(-c3ccc(CCNCCCN4CCOCC4)o3)ccc2c1Nc1ccc(Sc2ccccc2)c(Cl)c1. The van der Waals surface area contributed by atoms with Gasteiger partial charge in [-0.3, -0.25) is 9.88 Å². The molecule has 224 valence electrons. The molecule has 2 aromatic heterocycles. The largest absolute Gasteiger partial charge is 0.461 e. The van der Waals surface area contributed by atoms with Gasteiger partial charge in [-0.05, 0) is 74.1 Å². The van der Waals surface area contributed by atoms with Gasteiger partial charge in [-0.15, -0.1) is 0 Å². The van der Waals surface area contributed by atoms with Gasteiger partial charge < -0.3 is 19.8 Å². The number of nitrogens with one attached hydrogen (secondary N) is 2. The molecule has 3 aromatic carbocycles. The van der Waals surface area contributed by atoms with Crippen molar-refractivity contribution in [2.75, 3.05) is 51.3 Å². The maximum Gasteiger partial charge on any atom is 0.134 e. The molecule has 1 aliphatic rings. The molecule has 1 aliphatic heterocycles. The topological polar surface area (TPSA) is 86.4 Å². The molecular weight excluding hydrogens is 590 g/mol. The summed E-state index contributed by atoms with van der Waals surface area (Å²) in [5.74, 6) is 1.75. The van der Waals surface area contributed by atoms with E-state index in [4.69, 9.17) is 20.8 Å². The molecule has 0 amide bonds. The highest BCUT2D eigenvalue weighted by Crippen LogP contribution is 2.37. The number of nitriles is 1. The third kappa shape index (κ3) is 7.62. The van der Waals surface area contributed by atoms with Crippen LogP contribution in [0.3, 0.4) is 0 Å². The number of halogens is 1. The summed E-state index contributed by atoms with van der Waals surface area (Å²) in [6, 6.07) is 28.3. The van der Waals surface area contributed by atoms with E-state index in [2.05, 4.69) is 38.7 Å². The summed E-state index contributed by atoms with van der Waals surface area (Å²) in [4.78, 5) is 9.13. The zero-order valence-electron chi connectivity index (χ0n) is 24.4. The second-order valence-electron chi connectivity index (χ2n) is 10.6. The van der Waals surface area contributed by atoms with Crippen LogP contribution in [-0.2, 0) is 11.2 Å². The maximum atomic E-state index is 9.85. The molecular formula is C35H34ClN5O2S. The monoisotopic (exact) mass is 623 g/mol. The molecule has 1 saturated heterocycles. The van der Waals surface area contributed by atoms with Crippen LogP contribution in [0.5, 0.6) is 0 Å². The van der Waals surface area contributed by atoms with Gasteiger partial charge in [0.05, 0.1) is 35.0 Å². The fourth-order valence-electron chi connectivity index (χ4n) is 5.24. The van der Waals surface area contributed by atoms with Crippen molar-refractivity contribution in [2.24, 2.45) is 0 Å². The predicted molar refractivity (Wildman–Crippen MR) is 178 cm³/mol. The Kier molecular flexibility index (Phi) is 10.1. The molecule has 0 aliphatic carbocycles. The third-order valence-corrected chi connectivity index (χ3v) is 9.10. The average Bonchev–Trinajstić information content (AvgIpc) is 3.54. The second-order valence-corrected chi connectivity index (χ2v) is 12.2. The summed E-state index contributed by atoms with van der Waals surface area (Å²) >= 11 is 8.27. The number of pyridine rings is 1. The molecule has 44 heavy (non-hydrogen) atoms. The Bertz CT molecular complexity index is 1750. The number of furan rings is 1. The molecule has 3 heterocycles. The first kappa shape index (κ1) is 30.2. The summed E-state index contributed by atoms with van der Waals surface area (Å²) in [6.45, 7) is 6.74. The van der Waals surface area contributed by atoms with Crippen molar-refractivity contribution in [3.63, 3.8) is 0 Å². The molecule has 6 rings (SSSR count). The van der Waals surface area contributed by atoms with Crippen molar-refractivity contribution in [3.8, 4) is 17.4 Å². The van der Waals surface area contributed by atoms with Crippen LogP contribution < -0.4 is 10.6 Å². The van der Waals surface area contributed by atoms with Crippen molar-refractivity contribution in [2.45, 2.75) is 22.6 Å². The minimum Gasteiger partial charge on any atom is -0.461 e. The smallest absolute Gasteiger partial charge is 0.134 e. The summed E-state index contributed by atoms with van der Waals surface area (Å²) < 4.78 is 11.6. The highest BCUT2D eigenvalue weighted by molar-refractivity contribution is 7.99. The van der Waals surface area contributed by atoms with Crippen LogP contribution in [0.15, 0.2) is 99.3 Å². The molecule has 7 nitrogen and oxygen atoms in total. The van der Waals surface area contributed by atoms with E-state index < -0.39 is 0 Å². The highest BCUT2D eigenvalue weighted by atomic mass is 35.5. The van der Waals surface area contributed by atoms with E-state index in [-0.39, 0.29) is 0 Å².